The minimum Gasteiger partial charge on any atom is -0.497 e. The molecule has 31 heavy (non-hydrogen) atoms. The van der Waals surface area contributed by atoms with Gasteiger partial charge in [-0.05, 0) is 61.4 Å². The highest BCUT2D eigenvalue weighted by Gasteiger charge is 2.26. The summed E-state index contributed by atoms with van der Waals surface area (Å²) in [5.41, 5.74) is 0.692. The predicted molar refractivity (Wildman–Crippen MR) is 116 cm³/mol. The number of aromatic nitrogens is 2. The molecule has 0 radical (unpaired) electrons. The molecule has 0 aliphatic carbocycles. The van der Waals surface area contributed by atoms with Gasteiger partial charge in [0.25, 0.3) is 0 Å². The molecule has 1 aliphatic rings. The van der Waals surface area contributed by atoms with Gasteiger partial charge in [-0.15, -0.1) is 10.2 Å². The summed E-state index contributed by atoms with van der Waals surface area (Å²) in [5, 5.41) is 11.6. The van der Waals surface area contributed by atoms with Crippen LogP contribution >= 0.6 is 0 Å². The summed E-state index contributed by atoms with van der Waals surface area (Å²) in [5.74, 6) is 2.95. The van der Waals surface area contributed by atoms with Gasteiger partial charge in [0.1, 0.15) is 23.8 Å². The van der Waals surface area contributed by atoms with Crippen molar-refractivity contribution < 1.29 is 18.7 Å². The SMILES string of the molecule is COc1ccc(OCCNC(=O)C2CCCN(c3ccc(-c4ccco4)nn3)C2)cc1. The summed E-state index contributed by atoms with van der Waals surface area (Å²) >= 11 is 0. The summed E-state index contributed by atoms with van der Waals surface area (Å²) in [6.45, 7) is 2.35. The van der Waals surface area contributed by atoms with Gasteiger partial charge in [-0.3, -0.25) is 4.79 Å². The zero-order valence-electron chi connectivity index (χ0n) is 17.5. The van der Waals surface area contributed by atoms with E-state index in [-0.39, 0.29) is 11.8 Å². The van der Waals surface area contributed by atoms with E-state index in [4.69, 9.17) is 13.9 Å². The molecule has 0 bridgehead atoms. The zero-order chi connectivity index (χ0) is 21.5. The maximum absolute atomic E-state index is 12.6. The van der Waals surface area contributed by atoms with E-state index in [9.17, 15) is 4.79 Å². The van der Waals surface area contributed by atoms with E-state index in [1.54, 1.807) is 13.4 Å². The van der Waals surface area contributed by atoms with Gasteiger partial charge in [0, 0.05) is 13.1 Å². The maximum Gasteiger partial charge on any atom is 0.225 e. The van der Waals surface area contributed by atoms with Gasteiger partial charge in [-0.25, -0.2) is 0 Å². The Kier molecular flexibility index (Phi) is 6.66. The third kappa shape index (κ3) is 5.33. The first kappa shape index (κ1) is 20.7. The molecule has 1 amide bonds. The number of rotatable bonds is 8. The molecule has 3 aromatic rings. The van der Waals surface area contributed by atoms with Crippen LogP contribution in [-0.4, -0.2) is 49.5 Å². The molecule has 1 saturated heterocycles. The molecule has 1 aliphatic heterocycles. The molecule has 8 nitrogen and oxygen atoms in total. The summed E-state index contributed by atoms with van der Waals surface area (Å²) in [7, 11) is 1.63. The monoisotopic (exact) mass is 422 g/mol. The molecule has 1 N–H and O–H groups in total. The molecule has 1 fully saturated rings. The number of nitrogens with zero attached hydrogens (tertiary/aromatic N) is 3. The normalized spacial score (nSPS) is 16.0. The molecular weight excluding hydrogens is 396 g/mol. The van der Waals surface area contributed by atoms with Crippen LogP contribution in [0.5, 0.6) is 11.5 Å². The number of amides is 1. The van der Waals surface area contributed by atoms with Crippen LogP contribution in [0.25, 0.3) is 11.5 Å². The lowest BCUT2D eigenvalue weighted by atomic mass is 9.97. The number of hydrogen-bond acceptors (Lipinski definition) is 7. The van der Waals surface area contributed by atoms with Crippen LogP contribution in [0.3, 0.4) is 0 Å². The van der Waals surface area contributed by atoms with Crippen LogP contribution in [0.1, 0.15) is 12.8 Å². The maximum atomic E-state index is 12.6. The highest BCUT2D eigenvalue weighted by molar-refractivity contribution is 5.79. The number of piperidine rings is 1. The third-order valence-electron chi connectivity index (χ3n) is 5.27. The lowest BCUT2D eigenvalue weighted by Crippen LogP contribution is -2.44. The van der Waals surface area contributed by atoms with E-state index >= 15 is 0 Å². The molecular formula is C23H26N4O4. The Balaban J connectivity index is 1.24. The fourth-order valence-electron chi connectivity index (χ4n) is 3.61. The lowest BCUT2D eigenvalue weighted by Gasteiger charge is -2.32. The second kappa shape index (κ2) is 9.97. The van der Waals surface area contributed by atoms with Crippen LogP contribution < -0.4 is 19.7 Å². The summed E-state index contributed by atoms with van der Waals surface area (Å²) in [6, 6.07) is 14.9. The summed E-state index contributed by atoms with van der Waals surface area (Å²) < 4.78 is 16.2. The van der Waals surface area contributed by atoms with Crippen LogP contribution in [0.15, 0.2) is 59.2 Å². The third-order valence-corrected chi connectivity index (χ3v) is 5.27. The van der Waals surface area contributed by atoms with Crippen molar-refractivity contribution in [2.24, 2.45) is 5.92 Å². The second-order valence-electron chi connectivity index (χ2n) is 7.35. The predicted octanol–water partition coefficient (Wildman–Crippen LogP) is 3.16. The molecule has 8 heteroatoms. The van der Waals surface area contributed by atoms with Gasteiger partial charge in [0.05, 0.1) is 25.8 Å². The summed E-state index contributed by atoms with van der Waals surface area (Å²) in [6.07, 6.45) is 3.41. The van der Waals surface area contributed by atoms with Gasteiger partial charge in [-0.1, -0.05) is 0 Å². The van der Waals surface area contributed by atoms with Crippen molar-refractivity contribution in [3.05, 3.63) is 54.8 Å². The number of methoxy groups -OCH3 is 1. The first-order chi connectivity index (χ1) is 15.2. The molecule has 0 saturated carbocycles. The fraction of sp³-hybridized carbons (Fsp3) is 0.348. The van der Waals surface area contributed by atoms with Gasteiger partial charge < -0.3 is 24.1 Å². The Morgan fingerprint density at radius 3 is 2.71 bits per heavy atom. The van der Waals surface area contributed by atoms with Crippen molar-refractivity contribution in [2.75, 3.05) is 38.3 Å². The number of carbonyl (C=O) groups excluding carboxylic acids is 1. The zero-order valence-corrected chi connectivity index (χ0v) is 17.5. The molecule has 1 atom stereocenters. The van der Waals surface area contributed by atoms with Gasteiger partial charge in [0.15, 0.2) is 11.6 Å². The minimum atomic E-state index is -0.0821. The number of anilines is 1. The van der Waals surface area contributed by atoms with E-state index in [2.05, 4.69) is 20.4 Å². The molecule has 3 heterocycles. The number of benzene rings is 1. The van der Waals surface area contributed by atoms with Crippen molar-refractivity contribution in [1.29, 1.82) is 0 Å². The Morgan fingerprint density at radius 1 is 1.16 bits per heavy atom. The minimum absolute atomic E-state index is 0.0446. The Labute approximate surface area is 181 Å². The lowest BCUT2D eigenvalue weighted by molar-refractivity contribution is -0.125. The molecule has 1 aromatic carbocycles. The average molecular weight is 422 g/mol. The van der Waals surface area contributed by atoms with E-state index in [0.29, 0.717) is 31.2 Å². The van der Waals surface area contributed by atoms with Gasteiger partial charge >= 0.3 is 0 Å². The van der Waals surface area contributed by atoms with Crippen molar-refractivity contribution in [2.45, 2.75) is 12.8 Å². The van der Waals surface area contributed by atoms with E-state index in [1.807, 2.05) is 48.5 Å². The van der Waals surface area contributed by atoms with Crippen LogP contribution in [0.2, 0.25) is 0 Å². The van der Waals surface area contributed by atoms with E-state index < -0.39 is 0 Å². The Bertz CT molecular complexity index is 958. The first-order valence-corrected chi connectivity index (χ1v) is 10.4. The topological polar surface area (TPSA) is 89.7 Å². The van der Waals surface area contributed by atoms with Gasteiger partial charge in [0.2, 0.25) is 5.91 Å². The molecule has 2 aromatic heterocycles. The number of hydrogen-bond donors (Lipinski definition) is 1. The van der Waals surface area contributed by atoms with Crippen LogP contribution in [0, 0.1) is 5.92 Å². The highest BCUT2D eigenvalue weighted by atomic mass is 16.5. The molecule has 0 spiro atoms. The average Bonchev–Trinajstić information content (AvgIpc) is 3.37. The Hall–Kier alpha value is -3.55. The standard InChI is InChI=1S/C23H26N4O4/c1-29-18-6-8-19(9-7-18)30-15-12-24-23(28)17-4-2-13-27(16-17)22-11-10-20(25-26-22)21-5-3-14-31-21/h3,5-11,14,17H,2,4,12-13,15-16H2,1H3,(H,24,28). The largest absolute Gasteiger partial charge is 0.497 e. The molecule has 4 rings (SSSR count). The first-order valence-electron chi connectivity index (χ1n) is 10.4. The molecule has 162 valence electrons. The highest BCUT2D eigenvalue weighted by Crippen LogP contribution is 2.23. The number of ether oxygens (including phenoxy) is 2. The van der Waals surface area contributed by atoms with Crippen molar-refractivity contribution in [3.63, 3.8) is 0 Å². The van der Waals surface area contributed by atoms with Gasteiger partial charge in [-0.2, -0.15) is 0 Å². The smallest absolute Gasteiger partial charge is 0.225 e. The van der Waals surface area contributed by atoms with Crippen LogP contribution in [-0.2, 0) is 4.79 Å². The Morgan fingerprint density at radius 2 is 2.00 bits per heavy atom. The second-order valence-corrected chi connectivity index (χ2v) is 7.35. The quantitative estimate of drug-likeness (QED) is 0.558. The summed E-state index contributed by atoms with van der Waals surface area (Å²) in [4.78, 5) is 14.7. The van der Waals surface area contributed by atoms with E-state index in [0.717, 1.165) is 36.7 Å². The fourth-order valence-corrected chi connectivity index (χ4v) is 3.61. The van der Waals surface area contributed by atoms with E-state index in [1.165, 1.54) is 0 Å². The number of furan rings is 1. The molecule has 1 unspecified atom stereocenters. The van der Waals surface area contributed by atoms with Crippen molar-refractivity contribution in [1.82, 2.24) is 15.5 Å². The van der Waals surface area contributed by atoms with Crippen molar-refractivity contribution in [3.8, 4) is 23.0 Å². The van der Waals surface area contributed by atoms with Crippen LogP contribution in [0.4, 0.5) is 5.82 Å². The van der Waals surface area contributed by atoms with Crippen molar-refractivity contribution >= 4 is 11.7 Å². The number of carbonyl (C=O) groups is 1. The number of nitrogens with one attached hydrogen (secondary N) is 1.